The minimum absolute atomic E-state index is 0.0347. The molecule has 0 saturated carbocycles. The van der Waals surface area contributed by atoms with E-state index in [0.717, 1.165) is 12.8 Å². The fourth-order valence-corrected chi connectivity index (χ4v) is 3.91. The van der Waals surface area contributed by atoms with Gasteiger partial charge in [-0.05, 0) is 32.1 Å². The summed E-state index contributed by atoms with van der Waals surface area (Å²) in [5.41, 5.74) is 5.82. The molecule has 34 heavy (non-hydrogen) atoms. The summed E-state index contributed by atoms with van der Waals surface area (Å²) in [5, 5.41) is 29.8. The van der Waals surface area contributed by atoms with Crippen LogP contribution in [0.4, 0.5) is 0 Å². The number of nitrogens with one attached hydrogen (secondary N) is 1. The smallest absolute Gasteiger partial charge is 0.322 e. The van der Waals surface area contributed by atoms with Crippen molar-refractivity contribution < 1.29 is 29.7 Å². The highest BCUT2D eigenvalue weighted by molar-refractivity contribution is 8.00. The fraction of sp³-hybridized carbons (Fsp3) is 0.560. The Bertz CT molecular complexity index is 706. The molecule has 0 aromatic rings. The number of carbonyl (C=O) groups excluding carboxylic acids is 1. The molecule has 0 aliphatic rings. The number of nitrogens with two attached hydrogens (primary N) is 1. The summed E-state index contributed by atoms with van der Waals surface area (Å²) in [5.74, 6) is -2.49. The average Bonchev–Trinajstić information content (AvgIpc) is 2.79. The Balaban J connectivity index is 4.70. The summed E-state index contributed by atoms with van der Waals surface area (Å²) in [6, 6.07) is -0.931. The van der Waals surface area contributed by atoms with Crippen molar-refractivity contribution >= 4 is 29.6 Å². The molecule has 6 N–H and O–H groups in total. The number of hydrogen-bond donors (Lipinski definition) is 5. The Labute approximate surface area is 207 Å². The van der Waals surface area contributed by atoms with E-state index in [0.29, 0.717) is 12.8 Å². The molecule has 0 aliphatic heterocycles. The molecular formula is C25H40N2O6S. The van der Waals surface area contributed by atoms with Crippen LogP contribution in [0.25, 0.3) is 0 Å². The monoisotopic (exact) mass is 496 g/mol. The maximum absolute atomic E-state index is 11.9. The molecule has 0 aliphatic carbocycles. The molecule has 8 nitrogen and oxygen atoms in total. The van der Waals surface area contributed by atoms with E-state index in [4.69, 9.17) is 15.9 Å². The zero-order valence-corrected chi connectivity index (χ0v) is 20.8. The number of carboxylic acids is 2. The number of amides is 1. The summed E-state index contributed by atoms with van der Waals surface area (Å²) < 4.78 is 0. The third-order valence-corrected chi connectivity index (χ3v) is 6.08. The third kappa shape index (κ3) is 19.1. The van der Waals surface area contributed by atoms with Crippen LogP contribution in [-0.4, -0.2) is 62.9 Å². The van der Waals surface area contributed by atoms with Crippen LogP contribution in [0.3, 0.4) is 0 Å². The number of allylic oxidation sites excluding steroid dienone is 7. The summed E-state index contributed by atoms with van der Waals surface area (Å²) in [7, 11) is 0. The van der Waals surface area contributed by atoms with Gasteiger partial charge in [0, 0.05) is 17.4 Å². The topological polar surface area (TPSA) is 150 Å². The largest absolute Gasteiger partial charge is 0.481 e. The molecule has 0 aromatic heterocycles. The van der Waals surface area contributed by atoms with Gasteiger partial charge in [-0.25, -0.2) is 0 Å². The summed E-state index contributed by atoms with van der Waals surface area (Å²) in [6.45, 7) is 1.68. The van der Waals surface area contributed by atoms with Gasteiger partial charge in [0.15, 0.2) is 0 Å². The molecule has 9 heteroatoms. The first kappa shape index (κ1) is 31.6. The molecule has 0 bridgehead atoms. The fourth-order valence-electron chi connectivity index (χ4n) is 2.77. The lowest BCUT2D eigenvalue weighted by molar-refractivity contribution is -0.138. The second-order valence-corrected chi connectivity index (χ2v) is 8.98. The van der Waals surface area contributed by atoms with E-state index < -0.39 is 41.8 Å². The zero-order valence-electron chi connectivity index (χ0n) is 20.0. The van der Waals surface area contributed by atoms with Gasteiger partial charge in [-0.15, -0.1) is 11.8 Å². The number of carboxylic acid groups (broad SMARTS) is 2. The molecule has 0 saturated heterocycles. The predicted molar refractivity (Wildman–Crippen MR) is 138 cm³/mol. The summed E-state index contributed by atoms with van der Waals surface area (Å²) >= 11 is 1.26. The van der Waals surface area contributed by atoms with Crippen LogP contribution in [0.1, 0.15) is 58.3 Å². The highest BCUT2D eigenvalue weighted by Gasteiger charge is 2.21. The second kappa shape index (κ2) is 21.2. The number of thioether (sulfide) groups is 1. The number of carbonyl (C=O) groups is 3. The van der Waals surface area contributed by atoms with Crippen molar-refractivity contribution in [2.45, 2.75) is 75.7 Å². The van der Waals surface area contributed by atoms with Crippen LogP contribution in [0.2, 0.25) is 0 Å². The van der Waals surface area contributed by atoms with Gasteiger partial charge in [-0.1, -0.05) is 68.4 Å². The first-order valence-corrected chi connectivity index (χ1v) is 12.7. The highest BCUT2D eigenvalue weighted by Crippen LogP contribution is 2.21. The van der Waals surface area contributed by atoms with Crippen LogP contribution in [0, 0.1) is 0 Å². The van der Waals surface area contributed by atoms with Crippen molar-refractivity contribution in [1.82, 2.24) is 5.32 Å². The summed E-state index contributed by atoms with van der Waals surface area (Å²) in [4.78, 5) is 33.2. The Morgan fingerprint density at radius 1 is 0.971 bits per heavy atom. The first-order chi connectivity index (χ1) is 16.3. The van der Waals surface area contributed by atoms with Crippen molar-refractivity contribution in [2.75, 3.05) is 12.3 Å². The van der Waals surface area contributed by atoms with Crippen molar-refractivity contribution in [3.63, 3.8) is 0 Å². The van der Waals surface area contributed by atoms with Crippen molar-refractivity contribution in [3.8, 4) is 0 Å². The Kier molecular flexibility index (Phi) is 19.7. The number of aliphatic carboxylic acids is 2. The van der Waals surface area contributed by atoms with Crippen LogP contribution < -0.4 is 11.1 Å². The molecule has 0 radical (unpaired) electrons. The van der Waals surface area contributed by atoms with E-state index in [9.17, 15) is 19.5 Å². The normalized spacial score (nSPS) is 14.8. The van der Waals surface area contributed by atoms with Gasteiger partial charge in [0.2, 0.25) is 5.91 Å². The minimum atomic E-state index is -1.16. The number of hydrogen-bond acceptors (Lipinski definition) is 6. The molecule has 0 fully saturated rings. The van der Waals surface area contributed by atoms with E-state index in [2.05, 4.69) is 24.4 Å². The number of unbranched alkanes of at least 4 members (excludes halogenated alkanes) is 3. The predicted octanol–water partition coefficient (Wildman–Crippen LogP) is 3.43. The van der Waals surface area contributed by atoms with Crippen LogP contribution in [0.15, 0.2) is 48.6 Å². The maximum Gasteiger partial charge on any atom is 0.322 e. The van der Waals surface area contributed by atoms with Crippen molar-refractivity contribution in [3.05, 3.63) is 48.6 Å². The van der Waals surface area contributed by atoms with E-state index in [1.807, 2.05) is 24.3 Å². The van der Waals surface area contributed by atoms with Gasteiger partial charge in [-0.2, -0.15) is 0 Å². The average molecular weight is 497 g/mol. The first-order valence-electron chi connectivity index (χ1n) is 11.7. The highest BCUT2D eigenvalue weighted by atomic mass is 32.2. The van der Waals surface area contributed by atoms with Crippen LogP contribution in [-0.2, 0) is 14.4 Å². The molecule has 0 spiro atoms. The lowest BCUT2D eigenvalue weighted by atomic mass is 10.1. The van der Waals surface area contributed by atoms with E-state index in [1.165, 1.54) is 31.0 Å². The molecule has 0 rings (SSSR count). The lowest BCUT2D eigenvalue weighted by Gasteiger charge is -2.21. The molecule has 0 aromatic carbocycles. The van der Waals surface area contributed by atoms with Crippen molar-refractivity contribution in [2.24, 2.45) is 5.73 Å². The van der Waals surface area contributed by atoms with Gasteiger partial charge in [-0.3, -0.25) is 14.4 Å². The molecule has 0 unspecified atom stereocenters. The van der Waals surface area contributed by atoms with Gasteiger partial charge in [0.05, 0.1) is 12.1 Å². The van der Waals surface area contributed by atoms with Gasteiger partial charge in [0.1, 0.15) is 6.54 Å². The third-order valence-electron chi connectivity index (χ3n) is 4.67. The van der Waals surface area contributed by atoms with Crippen LogP contribution in [0.5, 0.6) is 0 Å². The number of aliphatic hydroxyl groups is 1. The lowest BCUT2D eigenvalue weighted by Crippen LogP contribution is -2.44. The van der Waals surface area contributed by atoms with Crippen LogP contribution >= 0.6 is 11.8 Å². The van der Waals surface area contributed by atoms with Crippen molar-refractivity contribution in [1.29, 1.82) is 0 Å². The zero-order chi connectivity index (χ0) is 25.6. The molecule has 192 valence electrons. The second-order valence-electron chi connectivity index (χ2n) is 7.77. The Morgan fingerprint density at radius 3 is 2.38 bits per heavy atom. The maximum atomic E-state index is 11.9. The molecule has 1 amide bonds. The molecule has 3 atom stereocenters. The summed E-state index contributed by atoms with van der Waals surface area (Å²) in [6.07, 6.45) is 21.1. The SMILES string of the molecule is CCCCC/C=C/C\C=C/C=C/C=C/[C@@H](SC[C@@H](N)C(=O)NCC(=O)O)[C@@H](O)CCCC(=O)O. The number of rotatable bonds is 20. The Morgan fingerprint density at radius 2 is 1.71 bits per heavy atom. The molecular weight excluding hydrogens is 456 g/mol. The van der Waals surface area contributed by atoms with Gasteiger partial charge in [0.25, 0.3) is 0 Å². The minimum Gasteiger partial charge on any atom is -0.481 e. The quantitative estimate of drug-likeness (QED) is 0.0977. The van der Waals surface area contributed by atoms with Gasteiger partial charge < -0.3 is 26.4 Å². The van der Waals surface area contributed by atoms with E-state index >= 15 is 0 Å². The molecule has 0 heterocycles. The Hall–Kier alpha value is -2.36. The van der Waals surface area contributed by atoms with Gasteiger partial charge >= 0.3 is 11.9 Å². The standard InChI is InChI=1S/C25H40N2O6S/c1-2-3-4-5-6-7-8-9-10-11-12-13-16-22(21(28)15-14-17-23(29)30)34-19-20(26)25(33)27-18-24(31)32/h6-7,9-13,16,20-22,28H,2-5,8,14-15,17-19,26H2,1H3,(H,27,33)(H,29,30)(H,31,32)/b7-6+,10-9-,12-11+,16-13+/t20-,21+,22-/m1/s1. The van der Waals surface area contributed by atoms with E-state index in [1.54, 1.807) is 12.2 Å². The van der Waals surface area contributed by atoms with E-state index in [-0.39, 0.29) is 12.2 Å². The number of aliphatic hydroxyl groups excluding tert-OH is 1.